The number of rotatable bonds is 10. The maximum absolute atomic E-state index is 13.3. The van der Waals surface area contributed by atoms with E-state index in [0.717, 1.165) is 12.2 Å². The second kappa shape index (κ2) is 14.8. The lowest BCUT2D eigenvalue weighted by Crippen LogP contribution is -2.27. The number of allylic oxidation sites excluding steroid dienone is 2. The Hall–Kier alpha value is -7.33. The number of amides is 2. The summed E-state index contributed by atoms with van der Waals surface area (Å²) in [5.74, 6) is -4.34. The van der Waals surface area contributed by atoms with Crippen molar-refractivity contribution in [2.24, 2.45) is 10.2 Å². The molecular weight excluding hydrogens is 777 g/mol. The van der Waals surface area contributed by atoms with Gasteiger partial charge in [-0.3, -0.25) is 29.5 Å². The Labute approximate surface area is 315 Å². The summed E-state index contributed by atoms with van der Waals surface area (Å²) < 4.78 is 68.9. The molecule has 4 aromatic rings. The van der Waals surface area contributed by atoms with E-state index in [1.54, 1.807) is 0 Å². The molecule has 2 amide bonds. The third-order valence-electron chi connectivity index (χ3n) is 7.95. The summed E-state index contributed by atoms with van der Waals surface area (Å²) in [6, 6.07) is 17.3. The van der Waals surface area contributed by atoms with E-state index in [9.17, 15) is 60.1 Å². The van der Waals surface area contributed by atoms with Gasteiger partial charge in [0.2, 0.25) is 11.6 Å². The smallest absolute Gasteiger partial charge is 0.335 e. The molecule has 0 saturated heterocycles. The predicted octanol–water partition coefficient (Wildman–Crippen LogP) is 4.51. The number of nitrogens with zero attached hydrogens (tertiary/aromatic N) is 2. The van der Waals surface area contributed by atoms with Crippen LogP contribution in [-0.2, 0) is 20.2 Å². The van der Waals surface area contributed by atoms with Crippen LogP contribution in [-0.4, -0.2) is 77.1 Å². The van der Waals surface area contributed by atoms with Gasteiger partial charge in [-0.1, -0.05) is 12.1 Å². The fraction of sp³-hybridized carbons (Fsp3) is 0. The third kappa shape index (κ3) is 8.24. The number of urea groups is 1. The van der Waals surface area contributed by atoms with Crippen molar-refractivity contribution in [2.75, 3.05) is 21.5 Å². The molecule has 0 heterocycles. The SMILES string of the molecule is O=C(Nc1ccc2c(c1)C=C(S(=O)(=O)O)/C(=N/Nc1cccc(C(=O)O)c1)C2=O)Nc1ccc2c(c1)C=C(S(=O)(=O)O)/C(=N/Nc1cccc(C(=O)O)c1)C2=O. The van der Waals surface area contributed by atoms with Crippen molar-refractivity contribution in [3.8, 4) is 0 Å². The van der Waals surface area contributed by atoms with Crippen LogP contribution >= 0.6 is 0 Å². The van der Waals surface area contributed by atoms with Crippen LogP contribution in [0.3, 0.4) is 0 Å². The zero-order valence-electron chi connectivity index (χ0n) is 27.9. The average Bonchev–Trinajstić information content (AvgIpc) is 3.13. The lowest BCUT2D eigenvalue weighted by molar-refractivity contribution is 0.0686. The maximum Gasteiger partial charge on any atom is 0.335 e. The normalized spacial score (nSPS) is 15.2. The number of hydrogen-bond donors (Lipinski definition) is 8. The van der Waals surface area contributed by atoms with Gasteiger partial charge >= 0.3 is 18.0 Å². The minimum atomic E-state index is -5.04. The van der Waals surface area contributed by atoms with Crippen LogP contribution < -0.4 is 21.5 Å². The molecular formula is C35H24N6O13S2. The summed E-state index contributed by atoms with van der Waals surface area (Å²) >= 11 is 0. The van der Waals surface area contributed by atoms with Crippen LogP contribution in [0.5, 0.6) is 0 Å². The minimum Gasteiger partial charge on any atom is -0.478 e. The molecule has 0 radical (unpaired) electrons. The Kier molecular flexibility index (Phi) is 10.2. The van der Waals surface area contributed by atoms with E-state index in [2.05, 4.69) is 31.7 Å². The third-order valence-corrected chi connectivity index (χ3v) is 9.68. The molecule has 2 aliphatic rings. The number of carboxylic acids is 2. The fourth-order valence-electron chi connectivity index (χ4n) is 5.41. The van der Waals surface area contributed by atoms with E-state index in [-0.39, 0.29) is 56.1 Å². The van der Waals surface area contributed by atoms with Gasteiger partial charge < -0.3 is 20.8 Å². The van der Waals surface area contributed by atoms with Crippen LogP contribution in [0.15, 0.2) is 105 Å². The second-order valence-electron chi connectivity index (χ2n) is 11.7. The largest absolute Gasteiger partial charge is 0.478 e. The van der Waals surface area contributed by atoms with Crippen molar-refractivity contribution in [3.63, 3.8) is 0 Å². The van der Waals surface area contributed by atoms with E-state index >= 15 is 0 Å². The molecule has 284 valence electrons. The van der Waals surface area contributed by atoms with Crippen LogP contribution in [0.25, 0.3) is 12.2 Å². The number of Topliss-reactive ketones (excluding diaryl/α,β-unsaturated/α-hetero) is 2. The molecule has 0 aromatic heterocycles. The molecule has 0 saturated carbocycles. The maximum atomic E-state index is 13.3. The van der Waals surface area contributed by atoms with Gasteiger partial charge in [0.25, 0.3) is 20.2 Å². The van der Waals surface area contributed by atoms with Gasteiger partial charge in [-0.15, -0.1) is 0 Å². The zero-order valence-corrected chi connectivity index (χ0v) is 29.5. The zero-order chi connectivity index (χ0) is 40.5. The van der Waals surface area contributed by atoms with E-state index in [0.29, 0.717) is 0 Å². The van der Waals surface area contributed by atoms with Crippen molar-refractivity contribution in [2.45, 2.75) is 0 Å². The minimum absolute atomic E-state index is 0.0241. The molecule has 0 spiro atoms. The van der Waals surface area contributed by atoms with E-state index in [1.165, 1.54) is 84.9 Å². The van der Waals surface area contributed by atoms with Crippen molar-refractivity contribution in [1.82, 2.24) is 0 Å². The van der Waals surface area contributed by atoms with E-state index in [1.807, 2.05) is 0 Å². The highest BCUT2D eigenvalue weighted by molar-refractivity contribution is 7.91. The van der Waals surface area contributed by atoms with Crippen LogP contribution in [0, 0.1) is 0 Å². The van der Waals surface area contributed by atoms with Crippen LogP contribution in [0.4, 0.5) is 27.5 Å². The van der Waals surface area contributed by atoms with Crippen molar-refractivity contribution in [3.05, 3.63) is 128 Å². The first-order chi connectivity index (χ1) is 26.4. The lowest BCUT2D eigenvalue weighted by Gasteiger charge is -2.18. The highest BCUT2D eigenvalue weighted by Gasteiger charge is 2.34. The first kappa shape index (κ1) is 38.4. The van der Waals surface area contributed by atoms with E-state index < -0.39 is 71.0 Å². The predicted molar refractivity (Wildman–Crippen MR) is 202 cm³/mol. The Balaban J connectivity index is 1.21. The average molecular weight is 801 g/mol. The van der Waals surface area contributed by atoms with Gasteiger partial charge in [0.1, 0.15) is 9.81 Å². The van der Waals surface area contributed by atoms with Crippen LogP contribution in [0.1, 0.15) is 52.6 Å². The molecule has 6 rings (SSSR count). The number of carbonyl (C=O) groups excluding carboxylic acids is 3. The molecule has 56 heavy (non-hydrogen) atoms. The fourth-order valence-corrected chi connectivity index (χ4v) is 6.73. The lowest BCUT2D eigenvalue weighted by atomic mass is 9.94. The highest BCUT2D eigenvalue weighted by Crippen LogP contribution is 2.30. The monoisotopic (exact) mass is 800 g/mol. The summed E-state index contributed by atoms with van der Waals surface area (Å²) in [4.78, 5) is 60.5. The van der Waals surface area contributed by atoms with Crippen molar-refractivity contribution in [1.29, 1.82) is 0 Å². The molecule has 4 aromatic carbocycles. The number of anilines is 4. The molecule has 0 fully saturated rings. The van der Waals surface area contributed by atoms with Gasteiger partial charge in [-0.25, -0.2) is 14.4 Å². The number of hydrogen-bond acceptors (Lipinski definition) is 13. The first-order valence-electron chi connectivity index (χ1n) is 15.6. The molecule has 2 aliphatic carbocycles. The molecule has 0 bridgehead atoms. The molecule has 8 N–H and O–H groups in total. The van der Waals surface area contributed by atoms with Gasteiger partial charge in [-0.05, 0) is 96.1 Å². The number of aromatic carboxylic acids is 2. The quantitative estimate of drug-likeness (QED) is 0.0808. The first-order valence-corrected chi connectivity index (χ1v) is 18.5. The standard InChI is InChI=1S/C35H24N6O13S2/c42-31-25-9-7-21(13-19(25)15-27(55(49,50)51)29(31)40-38-23-5-1-3-17(11-23)33(44)45)36-35(48)37-22-8-10-26-20(14-22)16-28(56(52,53)54)30(32(26)43)41-39-24-6-2-4-18(12-24)34(46)47/h1-16,38-39H,(H,44,45)(H,46,47)(H2,36,37,48)(H,49,50,51)(H,52,53,54)/b40-29-,41-30-. The number of carbonyl (C=O) groups is 5. The summed E-state index contributed by atoms with van der Waals surface area (Å²) in [5, 5.41) is 31.0. The molecule has 21 heteroatoms. The summed E-state index contributed by atoms with van der Waals surface area (Å²) in [5.41, 5.74) is 3.34. The number of nitrogens with one attached hydrogen (secondary N) is 4. The summed E-state index contributed by atoms with van der Waals surface area (Å²) in [6.07, 6.45) is 1.90. The highest BCUT2D eigenvalue weighted by atomic mass is 32.2. The number of carboxylic acid groups (broad SMARTS) is 2. The molecule has 0 aliphatic heterocycles. The Morgan fingerprint density at radius 2 is 0.929 bits per heavy atom. The van der Waals surface area contributed by atoms with Gasteiger partial charge in [0, 0.05) is 22.5 Å². The van der Waals surface area contributed by atoms with Crippen molar-refractivity contribution < 1.29 is 60.1 Å². The van der Waals surface area contributed by atoms with Crippen molar-refractivity contribution >= 4 is 96.1 Å². The van der Waals surface area contributed by atoms with E-state index in [4.69, 9.17) is 0 Å². The molecule has 0 atom stereocenters. The topological polar surface area (TPSA) is 307 Å². The summed E-state index contributed by atoms with van der Waals surface area (Å²) in [6.45, 7) is 0. The Morgan fingerprint density at radius 3 is 1.29 bits per heavy atom. The Morgan fingerprint density at radius 1 is 0.536 bits per heavy atom. The number of fused-ring (bicyclic) bond motifs is 2. The van der Waals surface area contributed by atoms with Gasteiger partial charge in [-0.2, -0.15) is 27.0 Å². The molecule has 0 unspecified atom stereocenters. The summed E-state index contributed by atoms with van der Waals surface area (Å²) in [7, 11) is -10.1. The Bertz CT molecular complexity index is 2590. The van der Waals surface area contributed by atoms with Crippen LogP contribution in [0.2, 0.25) is 0 Å². The van der Waals surface area contributed by atoms with Gasteiger partial charge in [0.05, 0.1) is 22.5 Å². The number of hydrazone groups is 2. The second-order valence-corrected chi connectivity index (χ2v) is 14.5. The number of benzene rings is 4. The molecule has 19 nitrogen and oxygen atoms in total. The number of ketones is 2. The van der Waals surface area contributed by atoms with Gasteiger partial charge in [0.15, 0.2) is 11.4 Å².